The lowest BCUT2D eigenvalue weighted by molar-refractivity contribution is -0.140. The van der Waals surface area contributed by atoms with Gasteiger partial charge in [0.1, 0.15) is 12.6 Å². The van der Waals surface area contributed by atoms with E-state index in [9.17, 15) is 18.0 Å². The molecular formula is C29H35N3O4S. The first-order chi connectivity index (χ1) is 17.6. The van der Waals surface area contributed by atoms with Gasteiger partial charge in [-0.05, 0) is 43.5 Å². The van der Waals surface area contributed by atoms with E-state index in [0.29, 0.717) is 18.7 Å². The van der Waals surface area contributed by atoms with E-state index in [4.69, 9.17) is 0 Å². The van der Waals surface area contributed by atoms with Crippen LogP contribution in [0, 0.1) is 13.8 Å². The van der Waals surface area contributed by atoms with Gasteiger partial charge in [0, 0.05) is 19.5 Å². The summed E-state index contributed by atoms with van der Waals surface area (Å²) in [5.41, 5.74) is 3.96. The second-order valence-corrected chi connectivity index (χ2v) is 11.1. The Hall–Kier alpha value is -3.65. The molecule has 37 heavy (non-hydrogen) atoms. The molecule has 0 radical (unpaired) electrons. The highest BCUT2D eigenvalue weighted by Gasteiger charge is 2.33. The minimum atomic E-state index is -3.78. The van der Waals surface area contributed by atoms with Gasteiger partial charge in [0.15, 0.2) is 0 Å². The van der Waals surface area contributed by atoms with Crippen LogP contribution in [0.4, 0.5) is 5.69 Å². The van der Waals surface area contributed by atoms with Gasteiger partial charge in [0.05, 0.1) is 11.9 Å². The molecule has 3 rings (SSSR count). The summed E-state index contributed by atoms with van der Waals surface area (Å²) in [5, 5.41) is 2.86. The van der Waals surface area contributed by atoms with Crippen LogP contribution >= 0.6 is 0 Å². The average molecular weight is 522 g/mol. The van der Waals surface area contributed by atoms with Crippen molar-refractivity contribution in [3.8, 4) is 0 Å². The van der Waals surface area contributed by atoms with Crippen LogP contribution < -0.4 is 9.62 Å². The van der Waals surface area contributed by atoms with Crippen molar-refractivity contribution in [1.29, 1.82) is 0 Å². The highest BCUT2D eigenvalue weighted by atomic mass is 32.2. The predicted molar refractivity (Wildman–Crippen MR) is 148 cm³/mol. The maximum atomic E-state index is 14.0. The number of likely N-dealkylation sites (N-methyl/N-ethyl adjacent to an activating group) is 1. The Morgan fingerprint density at radius 1 is 0.892 bits per heavy atom. The molecule has 1 N–H and O–H groups in total. The number of nitrogens with one attached hydrogen (secondary N) is 1. The van der Waals surface area contributed by atoms with E-state index in [2.05, 4.69) is 5.32 Å². The van der Waals surface area contributed by atoms with Gasteiger partial charge in [-0.25, -0.2) is 8.42 Å². The lowest BCUT2D eigenvalue weighted by atomic mass is 10.0. The maximum Gasteiger partial charge on any atom is 0.244 e. The molecule has 0 saturated heterocycles. The molecule has 0 saturated carbocycles. The highest BCUT2D eigenvalue weighted by molar-refractivity contribution is 7.92. The molecule has 2 amide bonds. The number of hydrogen-bond acceptors (Lipinski definition) is 4. The molecule has 196 valence electrons. The summed E-state index contributed by atoms with van der Waals surface area (Å²) in [6.45, 7) is 5.75. The van der Waals surface area contributed by atoms with Crippen molar-refractivity contribution in [1.82, 2.24) is 10.2 Å². The van der Waals surface area contributed by atoms with E-state index in [1.54, 1.807) is 25.1 Å². The first-order valence-corrected chi connectivity index (χ1v) is 14.1. The Kier molecular flexibility index (Phi) is 9.47. The van der Waals surface area contributed by atoms with E-state index in [1.807, 2.05) is 74.5 Å². The van der Waals surface area contributed by atoms with Gasteiger partial charge in [-0.1, -0.05) is 78.4 Å². The first kappa shape index (κ1) is 27.9. The summed E-state index contributed by atoms with van der Waals surface area (Å²) in [5.74, 6) is -0.739. The number of benzene rings is 3. The standard InChI is InChI=1S/C29H35N3O4S/c1-5-30-29(34)27(19-24-14-7-6-8-15-24)31(20-25-16-11-12-22(2)18-25)28(33)21-32(37(4,35)36)26-17-10-9-13-23(26)3/h6-18,27H,5,19-21H2,1-4H3,(H,30,34). The van der Waals surface area contributed by atoms with Crippen molar-refractivity contribution in [2.24, 2.45) is 0 Å². The fourth-order valence-corrected chi connectivity index (χ4v) is 5.20. The molecule has 0 bridgehead atoms. The van der Waals surface area contributed by atoms with Gasteiger partial charge in [-0.2, -0.15) is 0 Å². The van der Waals surface area contributed by atoms with Crippen molar-refractivity contribution in [3.05, 3.63) is 101 Å². The van der Waals surface area contributed by atoms with Crippen LogP contribution in [0.25, 0.3) is 0 Å². The third-order valence-electron chi connectivity index (χ3n) is 6.12. The number of sulfonamides is 1. The number of hydrogen-bond donors (Lipinski definition) is 1. The molecule has 0 aliphatic rings. The monoisotopic (exact) mass is 521 g/mol. The van der Waals surface area contributed by atoms with Crippen molar-refractivity contribution in [2.45, 2.75) is 39.8 Å². The number of nitrogens with zero attached hydrogens (tertiary/aromatic N) is 2. The van der Waals surface area contributed by atoms with Crippen LogP contribution in [0.15, 0.2) is 78.9 Å². The zero-order valence-electron chi connectivity index (χ0n) is 21.8. The number of amides is 2. The van der Waals surface area contributed by atoms with Crippen LogP contribution in [0.2, 0.25) is 0 Å². The summed E-state index contributed by atoms with van der Waals surface area (Å²) in [7, 11) is -3.78. The molecular weight excluding hydrogens is 486 g/mol. The molecule has 0 heterocycles. The van der Waals surface area contributed by atoms with E-state index in [1.165, 1.54) is 4.90 Å². The average Bonchev–Trinajstić information content (AvgIpc) is 2.85. The highest BCUT2D eigenvalue weighted by Crippen LogP contribution is 2.23. The van der Waals surface area contributed by atoms with E-state index < -0.39 is 28.5 Å². The summed E-state index contributed by atoms with van der Waals surface area (Å²) in [4.78, 5) is 28.8. The number of carbonyl (C=O) groups excluding carboxylic acids is 2. The maximum absolute atomic E-state index is 14.0. The number of carbonyl (C=O) groups is 2. The molecule has 0 aromatic heterocycles. The second kappa shape index (κ2) is 12.5. The summed E-state index contributed by atoms with van der Waals surface area (Å²) >= 11 is 0. The summed E-state index contributed by atoms with van der Waals surface area (Å²) < 4.78 is 26.8. The molecule has 0 aliphatic carbocycles. The van der Waals surface area contributed by atoms with Crippen molar-refractivity contribution >= 4 is 27.5 Å². The smallest absolute Gasteiger partial charge is 0.244 e. The largest absolute Gasteiger partial charge is 0.355 e. The van der Waals surface area contributed by atoms with Gasteiger partial charge in [-0.3, -0.25) is 13.9 Å². The minimum absolute atomic E-state index is 0.167. The van der Waals surface area contributed by atoms with E-state index >= 15 is 0 Å². The Morgan fingerprint density at radius 3 is 2.16 bits per heavy atom. The molecule has 3 aromatic carbocycles. The number of anilines is 1. The Bertz CT molecular complexity index is 1330. The van der Waals surface area contributed by atoms with Crippen LogP contribution in [0.1, 0.15) is 29.2 Å². The summed E-state index contributed by atoms with van der Waals surface area (Å²) in [6, 6.07) is 23.4. The molecule has 0 fully saturated rings. The molecule has 7 nitrogen and oxygen atoms in total. The van der Waals surface area contributed by atoms with Gasteiger partial charge in [-0.15, -0.1) is 0 Å². The first-order valence-electron chi connectivity index (χ1n) is 12.3. The van der Waals surface area contributed by atoms with Gasteiger partial charge < -0.3 is 10.2 Å². The third-order valence-corrected chi connectivity index (χ3v) is 7.25. The number of para-hydroxylation sites is 1. The molecule has 0 spiro atoms. The van der Waals surface area contributed by atoms with Crippen molar-refractivity contribution in [3.63, 3.8) is 0 Å². The fraction of sp³-hybridized carbons (Fsp3) is 0.310. The van der Waals surface area contributed by atoms with Crippen molar-refractivity contribution < 1.29 is 18.0 Å². The fourth-order valence-electron chi connectivity index (χ4n) is 4.29. The molecule has 1 unspecified atom stereocenters. The number of rotatable bonds is 11. The topological polar surface area (TPSA) is 86.8 Å². The van der Waals surface area contributed by atoms with Crippen molar-refractivity contribution in [2.75, 3.05) is 23.7 Å². The Labute approximate surface area is 220 Å². The summed E-state index contributed by atoms with van der Waals surface area (Å²) in [6.07, 6.45) is 1.39. The quantitative estimate of drug-likeness (QED) is 0.415. The zero-order valence-corrected chi connectivity index (χ0v) is 22.7. The third kappa shape index (κ3) is 7.67. The zero-order chi connectivity index (χ0) is 27.0. The van der Waals surface area contributed by atoms with E-state index in [0.717, 1.165) is 32.8 Å². The normalized spacial score (nSPS) is 12.0. The van der Waals surface area contributed by atoms with Gasteiger partial charge >= 0.3 is 0 Å². The molecule has 1 atom stereocenters. The second-order valence-electron chi connectivity index (χ2n) is 9.17. The van der Waals surface area contributed by atoms with E-state index in [-0.39, 0.29) is 12.5 Å². The minimum Gasteiger partial charge on any atom is -0.355 e. The molecule has 8 heteroatoms. The lowest BCUT2D eigenvalue weighted by Crippen LogP contribution is -2.53. The lowest BCUT2D eigenvalue weighted by Gasteiger charge is -2.33. The molecule has 0 aliphatic heterocycles. The van der Waals surface area contributed by atoms with Gasteiger partial charge in [0.2, 0.25) is 21.8 Å². The van der Waals surface area contributed by atoms with Gasteiger partial charge in [0.25, 0.3) is 0 Å². The Morgan fingerprint density at radius 2 is 1.54 bits per heavy atom. The Balaban J connectivity index is 2.05. The van der Waals surface area contributed by atoms with Crippen LogP contribution in [-0.4, -0.2) is 50.5 Å². The predicted octanol–water partition coefficient (Wildman–Crippen LogP) is 3.85. The SMILES string of the molecule is CCNC(=O)C(Cc1ccccc1)N(Cc1cccc(C)c1)C(=O)CN(c1ccccc1C)S(C)(=O)=O. The molecule has 3 aromatic rings. The van der Waals surface area contributed by atoms with Crippen LogP contribution in [0.5, 0.6) is 0 Å². The van der Waals surface area contributed by atoms with Crippen LogP contribution in [0.3, 0.4) is 0 Å². The van der Waals surface area contributed by atoms with Crippen LogP contribution in [-0.2, 0) is 32.6 Å². The number of aryl methyl sites for hydroxylation is 2.